The Balaban J connectivity index is 1.90. The number of hydrogen-bond acceptors (Lipinski definition) is 4. The Morgan fingerprint density at radius 2 is 2.00 bits per heavy atom. The van der Waals surface area contributed by atoms with Crippen molar-refractivity contribution in [2.75, 3.05) is 0 Å². The zero-order chi connectivity index (χ0) is 16.6. The van der Waals surface area contributed by atoms with Gasteiger partial charge < -0.3 is 9.55 Å². The highest BCUT2D eigenvalue weighted by molar-refractivity contribution is 8.00. The molecule has 2 aromatic heterocycles. The normalized spacial score (nSPS) is 12.9. The van der Waals surface area contributed by atoms with Gasteiger partial charge in [0.15, 0.2) is 10.9 Å². The molecule has 3 aromatic rings. The summed E-state index contributed by atoms with van der Waals surface area (Å²) in [4.78, 5) is 16.2. The molecule has 5 nitrogen and oxygen atoms in total. The number of fused-ring (bicyclic) bond motifs is 1. The van der Waals surface area contributed by atoms with E-state index in [0.29, 0.717) is 0 Å². The number of thioether (sulfide) groups is 1. The molecule has 0 saturated carbocycles. The number of aryl methyl sites for hydroxylation is 1. The van der Waals surface area contributed by atoms with Crippen LogP contribution in [0.5, 0.6) is 0 Å². The zero-order valence-corrected chi connectivity index (χ0v) is 14.5. The van der Waals surface area contributed by atoms with E-state index in [-0.39, 0.29) is 17.1 Å². The first-order valence-electron chi connectivity index (χ1n) is 7.66. The number of nitrogens with one attached hydrogen (secondary N) is 1. The smallest absolute Gasteiger partial charge is 0.191 e. The number of rotatable bonds is 5. The van der Waals surface area contributed by atoms with E-state index < -0.39 is 0 Å². The first kappa shape index (κ1) is 15.8. The summed E-state index contributed by atoms with van der Waals surface area (Å²) in [7, 11) is 0. The van der Waals surface area contributed by atoms with Crippen LogP contribution in [0.15, 0.2) is 35.7 Å². The van der Waals surface area contributed by atoms with Crippen LogP contribution in [-0.2, 0) is 0 Å². The molecule has 1 N–H and O–H groups in total. The molecule has 0 radical (unpaired) electrons. The summed E-state index contributed by atoms with van der Waals surface area (Å²) in [5.41, 5.74) is 2.68. The van der Waals surface area contributed by atoms with Crippen molar-refractivity contribution in [3.63, 3.8) is 0 Å². The third-order valence-corrected chi connectivity index (χ3v) is 4.96. The average molecular weight is 328 g/mol. The van der Waals surface area contributed by atoms with E-state index in [2.05, 4.69) is 29.0 Å². The molecule has 120 valence electrons. The van der Waals surface area contributed by atoms with Crippen molar-refractivity contribution in [2.24, 2.45) is 0 Å². The number of H-pyrrole nitrogens is 1. The van der Waals surface area contributed by atoms with Crippen molar-refractivity contribution in [1.29, 1.82) is 0 Å². The van der Waals surface area contributed by atoms with E-state index in [1.165, 1.54) is 11.8 Å². The lowest BCUT2D eigenvalue weighted by Crippen LogP contribution is -2.15. The molecule has 0 saturated heterocycles. The van der Waals surface area contributed by atoms with Crippen molar-refractivity contribution >= 4 is 28.4 Å². The maximum atomic E-state index is 12.9. The van der Waals surface area contributed by atoms with Crippen molar-refractivity contribution < 1.29 is 4.79 Å². The van der Waals surface area contributed by atoms with Gasteiger partial charge in [-0.1, -0.05) is 30.0 Å². The van der Waals surface area contributed by atoms with Crippen molar-refractivity contribution in [1.82, 2.24) is 19.7 Å². The minimum atomic E-state index is -0.227. The molecule has 0 spiro atoms. The molecule has 1 aromatic carbocycles. The Labute approximate surface area is 139 Å². The van der Waals surface area contributed by atoms with Crippen molar-refractivity contribution in [2.45, 2.75) is 44.1 Å². The van der Waals surface area contributed by atoms with Gasteiger partial charge in [-0.15, -0.1) is 10.2 Å². The van der Waals surface area contributed by atoms with Gasteiger partial charge in [-0.3, -0.25) is 4.79 Å². The second-order valence-corrected chi connectivity index (χ2v) is 7.22. The first-order valence-corrected chi connectivity index (χ1v) is 8.54. The van der Waals surface area contributed by atoms with Crippen molar-refractivity contribution in [3.05, 3.63) is 41.9 Å². The molecule has 0 bridgehead atoms. The molecule has 6 heteroatoms. The lowest BCUT2D eigenvalue weighted by molar-refractivity contribution is 0.0995. The van der Waals surface area contributed by atoms with E-state index in [9.17, 15) is 4.79 Å². The van der Waals surface area contributed by atoms with Crippen LogP contribution in [0.25, 0.3) is 10.9 Å². The van der Waals surface area contributed by atoms with Crippen LogP contribution < -0.4 is 0 Å². The second kappa shape index (κ2) is 6.20. The van der Waals surface area contributed by atoms with E-state index in [1.807, 2.05) is 42.7 Å². The molecule has 0 aliphatic heterocycles. The van der Waals surface area contributed by atoms with Crippen LogP contribution in [-0.4, -0.2) is 30.8 Å². The maximum Gasteiger partial charge on any atom is 0.191 e. The van der Waals surface area contributed by atoms with Gasteiger partial charge in [0, 0.05) is 28.2 Å². The predicted octanol–water partition coefficient (Wildman–Crippen LogP) is 4.01. The van der Waals surface area contributed by atoms with Gasteiger partial charge in [-0.25, -0.2) is 0 Å². The largest absolute Gasteiger partial charge is 0.358 e. The Kier molecular flexibility index (Phi) is 4.26. The zero-order valence-electron chi connectivity index (χ0n) is 13.7. The van der Waals surface area contributed by atoms with Crippen LogP contribution in [0.2, 0.25) is 0 Å². The monoisotopic (exact) mass is 328 g/mol. The number of nitrogens with zero attached hydrogens (tertiary/aromatic N) is 3. The number of carbonyl (C=O) groups excluding carboxylic acids is 1. The molecular formula is C17H20N4OS. The van der Waals surface area contributed by atoms with Crippen LogP contribution in [0, 0.1) is 6.92 Å². The number of Topliss-reactive ketones (excluding diaryl/α,β-unsaturated/α-hetero) is 1. The van der Waals surface area contributed by atoms with Gasteiger partial charge in [0.05, 0.1) is 5.25 Å². The lowest BCUT2D eigenvalue weighted by Gasteiger charge is -2.13. The average Bonchev–Trinajstić information content (AvgIpc) is 3.09. The van der Waals surface area contributed by atoms with E-state index in [1.54, 1.807) is 6.33 Å². The summed E-state index contributed by atoms with van der Waals surface area (Å²) in [5, 5.41) is 9.63. The Morgan fingerprint density at radius 1 is 1.26 bits per heavy atom. The molecular weight excluding hydrogens is 308 g/mol. The molecule has 0 amide bonds. The third kappa shape index (κ3) is 2.91. The molecule has 0 aliphatic carbocycles. The Hall–Kier alpha value is -2.08. The summed E-state index contributed by atoms with van der Waals surface area (Å²) in [6.45, 7) is 8.02. The summed E-state index contributed by atoms with van der Waals surface area (Å²) >= 11 is 1.45. The fourth-order valence-electron chi connectivity index (χ4n) is 2.68. The number of benzene rings is 1. The molecule has 0 fully saturated rings. The molecule has 23 heavy (non-hydrogen) atoms. The van der Waals surface area contributed by atoms with Crippen LogP contribution in [0.1, 0.15) is 42.9 Å². The lowest BCUT2D eigenvalue weighted by atomic mass is 10.1. The highest BCUT2D eigenvalue weighted by atomic mass is 32.2. The standard InChI is InChI=1S/C17H20N4OS/c1-10(2)21-9-18-20-17(21)23-12(4)16(22)15-11(3)19-14-8-6-5-7-13(14)15/h5-10,12,19H,1-4H3. The molecule has 0 aliphatic rings. The molecule has 1 atom stereocenters. The number of para-hydroxylation sites is 1. The summed E-state index contributed by atoms with van der Waals surface area (Å²) in [5.74, 6) is 0.114. The van der Waals surface area contributed by atoms with E-state index in [0.717, 1.165) is 27.3 Å². The third-order valence-electron chi connectivity index (χ3n) is 3.89. The molecule has 1 unspecified atom stereocenters. The Bertz CT molecular complexity index is 849. The molecule has 2 heterocycles. The number of aromatic nitrogens is 4. The minimum Gasteiger partial charge on any atom is -0.358 e. The van der Waals surface area contributed by atoms with E-state index in [4.69, 9.17) is 0 Å². The van der Waals surface area contributed by atoms with Gasteiger partial charge in [0.2, 0.25) is 0 Å². The first-order chi connectivity index (χ1) is 11.0. The van der Waals surface area contributed by atoms with Crippen LogP contribution in [0.4, 0.5) is 0 Å². The van der Waals surface area contributed by atoms with Crippen LogP contribution >= 0.6 is 11.8 Å². The van der Waals surface area contributed by atoms with Gasteiger partial charge in [-0.05, 0) is 33.8 Å². The van der Waals surface area contributed by atoms with Gasteiger partial charge in [0.25, 0.3) is 0 Å². The highest BCUT2D eigenvalue weighted by Gasteiger charge is 2.24. The SMILES string of the molecule is Cc1[nH]c2ccccc2c1C(=O)C(C)Sc1nncn1C(C)C. The minimum absolute atomic E-state index is 0.114. The summed E-state index contributed by atoms with van der Waals surface area (Å²) in [6, 6.07) is 8.17. The Morgan fingerprint density at radius 3 is 2.74 bits per heavy atom. The second-order valence-electron chi connectivity index (χ2n) is 5.91. The van der Waals surface area contributed by atoms with Crippen LogP contribution in [0.3, 0.4) is 0 Å². The topological polar surface area (TPSA) is 63.6 Å². The van der Waals surface area contributed by atoms with Crippen molar-refractivity contribution in [3.8, 4) is 0 Å². The summed E-state index contributed by atoms with van der Waals surface area (Å²) < 4.78 is 1.98. The maximum absolute atomic E-state index is 12.9. The number of carbonyl (C=O) groups is 1. The molecule has 3 rings (SSSR count). The van der Waals surface area contributed by atoms with E-state index >= 15 is 0 Å². The number of ketones is 1. The van der Waals surface area contributed by atoms with Gasteiger partial charge in [-0.2, -0.15) is 0 Å². The summed E-state index contributed by atoms with van der Waals surface area (Å²) in [6.07, 6.45) is 1.71. The quantitative estimate of drug-likeness (QED) is 0.568. The van der Waals surface area contributed by atoms with Gasteiger partial charge >= 0.3 is 0 Å². The fraction of sp³-hybridized carbons (Fsp3) is 0.353. The predicted molar refractivity (Wildman–Crippen MR) is 93.1 cm³/mol. The number of hydrogen-bond donors (Lipinski definition) is 1. The van der Waals surface area contributed by atoms with Gasteiger partial charge in [0.1, 0.15) is 6.33 Å². The number of aromatic amines is 1. The highest BCUT2D eigenvalue weighted by Crippen LogP contribution is 2.29. The fourth-order valence-corrected chi connectivity index (χ4v) is 3.69.